The topological polar surface area (TPSA) is 106 Å². The lowest BCUT2D eigenvalue weighted by atomic mass is 9.97. The molecule has 2 aromatic carbocycles. The number of hydrogen-bond acceptors (Lipinski definition) is 7. The lowest BCUT2D eigenvalue weighted by Crippen LogP contribution is -2.41. The number of hydrogen-bond donors (Lipinski definition) is 2. The third kappa shape index (κ3) is 5.87. The van der Waals surface area contributed by atoms with E-state index in [0.717, 1.165) is 42.2 Å². The summed E-state index contributed by atoms with van der Waals surface area (Å²) >= 11 is 0. The van der Waals surface area contributed by atoms with Gasteiger partial charge in [0.25, 0.3) is 0 Å². The number of amides is 2. The largest absolute Gasteiger partial charge is 0.497 e. The van der Waals surface area contributed by atoms with Gasteiger partial charge in [-0.15, -0.1) is 0 Å². The molecule has 1 unspecified atom stereocenters. The van der Waals surface area contributed by atoms with E-state index < -0.39 is 0 Å². The predicted octanol–water partition coefficient (Wildman–Crippen LogP) is 3.97. The Bertz CT molecular complexity index is 1200. The van der Waals surface area contributed by atoms with Crippen molar-refractivity contribution in [1.82, 2.24) is 9.97 Å². The molecule has 4 rings (SSSR count). The van der Waals surface area contributed by atoms with Crippen LogP contribution in [0.2, 0.25) is 0 Å². The molecule has 182 valence electrons. The molecule has 2 N–H and O–H groups in total. The molecule has 2 amide bonds. The molecule has 1 fully saturated rings. The number of anilines is 3. The first-order chi connectivity index (χ1) is 17.0. The van der Waals surface area contributed by atoms with Gasteiger partial charge in [0.1, 0.15) is 23.6 Å². The zero-order chi connectivity index (χ0) is 24.8. The number of nitrogens with zero attached hydrogens (tertiary/aromatic N) is 3. The number of nitrogens with one attached hydrogen (secondary N) is 2. The first-order valence-corrected chi connectivity index (χ1v) is 11.4. The highest BCUT2D eigenvalue weighted by molar-refractivity contribution is 5.96. The summed E-state index contributed by atoms with van der Waals surface area (Å²) in [4.78, 5) is 35.6. The molecule has 9 nitrogen and oxygen atoms in total. The SMILES string of the molecule is COc1ccc(-c2cc(N3CCCC(C(=O)Nc4cc(NC(C)=O)ccc4OC)C3)ncn2)cc1. The van der Waals surface area contributed by atoms with Crippen LogP contribution in [0, 0.1) is 5.92 Å². The van der Waals surface area contributed by atoms with Gasteiger partial charge in [-0.05, 0) is 55.3 Å². The Kier molecular flexibility index (Phi) is 7.45. The van der Waals surface area contributed by atoms with E-state index in [9.17, 15) is 9.59 Å². The lowest BCUT2D eigenvalue weighted by Gasteiger charge is -2.33. The second kappa shape index (κ2) is 10.9. The molecule has 0 radical (unpaired) electrons. The molecule has 1 aliphatic heterocycles. The van der Waals surface area contributed by atoms with Gasteiger partial charge in [0.15, 0.2) is 0 Å². The first-order valence-electron chi connectivity index (χ1n) is 11.4. The Morgan fingerprint density at radius 1 is 1.00 bits per heavy atom. The molecule has 2 heterocycles. The molecule has 0 saturated carbocycles. The summed E-state index contributed by atoms with van der Waals surface area (Å²) < 4.78 is 10.6. The van der Waals surface area contributed by atoms with Gasteiger partial charge in [-0.25, -0.2) is 9.97 Å². The van der Waals surface area contributed by atoms with Crippen LogP contribution in [0.5, 0.6) is 11.5 Å². The average Bonchev–Trinajstić information content (AvgIpc) is 2.89. The van der Waals surface area contributed by atoms with Crippen LogP contribution in [0.4, 0.5) is 17.2 Å². The van der Waals surface area contributed by atoms with E-state index in [-0.39, 0.29) is 17.7 Å². The highest BCUT2D eigenvalue weighted by Crippen LogP contribution is 2.30. The molecule has 0 bridgehead atoms. The smallest absolute Gasteiger partial charge is 0.229 e. The van der Waals surface area contributed by atoms with Gasteiger partial charge in [-0.1, -0.05) is 0 Å². The zero-order valence-corrected chi connectivity index (χ0v) is 20.1. The normalized spacial score (nSPS) is 15.3. The predicted molar refractivity (Wildman–Crippen MR) is 135 cm³/mol. The Balaban J connectivity index is 1.47. The standard InChI is InChI=1S/C26H29N5O4/c1-17(32)29-20-8-11-24(35-3)23(13-20)30-26(33)19-5-4-12-31(15-19)25-14-22(27-16-28-25)18-6-9-21(34-2)10-7-18/h6-11,13-14,16,19H,4-5,12,15H2,1-3H3,(H,29,32)(H,30,33). The fourth-order valence-corrected chi connectivity index (χ4v) is 4.16. The second-order valence-corrected chi connectivity index (χ2v) is 8.36. The highest BCUT2D eigenvalue weighted by Gasteiger charge is 2.27. The highest BCUT2D eigenvalue weighted by atomic mass is 16.5. The second-order valence-electron chi connectivity index (χ2n) is 8.36. The van der Waals surface area contributed by atoms with E-state index in [1.165, 1.54) is 6.92 Å². The first kappa shape index (κ1) is 24.0. The quantitative estimate of drug-likeness (QED) is 0.533. The van der Waals surface area contributed by atoms with E-state index >= 15 is 0 Å². The molecule has 0 spiro atoms. The maximum Gasteiger partial charge on any atom is 0.229 e. The van der Waals surface area contributed by atoms with Gasteiger partial charge in [-0.3, -0.25) is 9.59 Å². The zero-order valence-electron chi connectivity index (χ0n) is 20.1. The van der Waals surface area contributed by atoms with Crippen LogP contribution in [-0.2, 0) is 9.59 Å². The summed E-state index contributed by atoms with van der Waals surface area (Å²) in [5.74, 6) is 1.59. The van der Waals surface area contributed by atoms with Crippen molar-refractivity contribution in [2.24, 2.45) is 5.92 Å². The summed E-state index contributed by atoms with van der Waals surface area (Å²) in [7, 11) is 3.18. The summed E-state index contributed by atoms with van der Waals surface area (Å²) in [5, 5.41) is 5.71. The third-order valence-electron chi connectivity index (χ3n) is 5.93. The van der Waals surface area contributed by atoms with Gasteiger partial charge in [0, 0.05) is 37.3 Å². The van der Waals surface area contributed by atoms with Gasteiger partial charge in [-0.2, -0.15) is 0 Å². The Hall–Kier alpha value is -4.14. The number of methoxy groups -OCH3 is 2. The van der Waals surface area contributed by atoms with Crippen LogP contribution in [0.15, 0.2) is 54.9 Å². The molecule has 9 heteroatoms. The van der Waals surface area contributed by atoms with Crippen molar-refractivity contribution in [3.05, 3.63) is 54.9 Å². The fraction of sp³-hybridized carbons (Fsp3) is 0.308. The van der Waals surface area contributed by atoms with Gasteiger partial charge in [0.2, 0.25) is 11.8 Å². The number of carbonyl (C=O) groups excluding carboxylic acids is 2. The van der Waals surface area contributed by atoms with Crippen molar-refractivity contribution in [3.8, 4) is 22.8 Å². The molecule has 1 atom stereocenters. The molecule has 3 aromatic rings. The van der Waals surface area contributed by atoms with E-state index in [1.807, 2.05) is 30.3 Å². The molecule has 1 saturated heterocycles. The Morgan fingerprint density at radius 2 is 1.80 bits per heavy atom. The van der Waals surface area contributed by atoms with Crippen molar-refractivity contribution < 1.29 is 19.1 Å². The average molecular weight is 476 g/mol. The number of ether oxygens (including phenoxy) is 2. The van der Waals surface area contributed by atoms with Crippen LogP contribution in [0.1, 0.15) is 19.8 Å². The Morgan fingerprint density at radius 3 is 2.51 bits per heavy atom. The monoisotopic (exact) mass is 475 g/mol. The summed E-state index contributed by atoms with van der Waals surface area (Å²) in [6.45, 7) is 2.79. The maximum absolute atomic E-state index is 13.2. The third-order valence-corrected chi connectivity index (χ3v) is 5.93. The number of aromatic nitrogens is 2. The minimum absolute atomic E-state index is 0.0996. The lowest BCUT2D eigenvalue weighted by molar-refractivity contribution is -0.120. The molecule has 1 aromatic heterocycles. The van der Waals surface area contributed by atoms with Crippen molar-refractivity contribution in [2.45, 2.75) is 19.8 Å². The van der Waals surface area contributed by atoms with E-state index in [2.05, 4.69) is 25.5 Å². The van der Waals surface area contributed by atoms with Crippen molar-refractivity contribution in [3.63, 3.8) is 0 Å². The summed E-state index contributed by atoms with van der Waals surface area (Å²) in [5.41, 5.74) is 2.88. The summed E-state index contributed by atoms with van der Waals surface area (Å²) in [6, 6.07) is 14.8. The Labute approximate surface area is 204 Å². The van der Waals surface area contributed by atoms with Crippen molar-refractivity contribution >= 4 is 29.0 Å². The van der Waals surface area contributed by atoms with Crippen molar-refractivity contribution in [2.75, 3.05) is 42.8 Å². The van der Waals surface area contributed by atoms with Crippen LogP contribution in [-0.4, -0.2) is 49.1 Å². The van der Waals surface area contributed by atoms with Crippen molar-refractivity contribution in [1.29, 1.82) is 0 Å². The van der Waals surface area contributed by atoms with E-state index in [4.69, 9.17) is 9.47 Å². The number of benzene rings is 2. The van der Waals surface area contributed by atoms with Crippen LogP contribution in [0.3, 0.4) is 0 Å². The minimum atomic E-state index is -0.225. The molecule has 35 heavy (non-hydrogen) atoms. The molecule has 1 aliphatic rings. The van der Waals surface area contributed by atoms with Gasteiger partial charge in [0.05, 0.1) is 31.5 Å². The maximum atomic E-state index is 13.2. The molecular formula is C26H29N5O4. The minimum Gasteiger partial charge on any atom is -0.497 e. The number of carbonyl (C=O) groups is 2. The number of piperidine rings is 1. The van der Waals surface area contributed by atoms with Gasteiger partial charge < -0.3 is 25.0 Å². The van der Waals surface area contributed by atoms with Crippen LogP contribution < -0.4 is 25.0 Å². The van der Waals surface area contributed by atoms with E-state index in [1.54, 1.807) is 38.7 Å². The molecule has 0 aliphatic carbocycles. The van der Waals surface area contributed by atoms with Crippen LogP contribution >= 0.6 is 0 Å². The molecular weight excluding hydrogens is 446 g/mol. The number of rotatable bonds is 7. The fourth-order valence-electron chi connectivity index (χ4n) is 4.16. The van der Waals surface area contributed by atoms with Crippen LogP contribution in [0.25, 0.3) is 11.3 Å². The summed E-state index contributed by atoms with van der Waals surface area (Å²) in [6.07, 6.45) is 3.19. The van der Waals surface area contributed by atoms with E-state index in [0.29, 0.717) is 23.7 Å². The van der Waals surface area contributed by atoms with Gasteiger partial charge >= 0.3 is 0 Å².